The fourth-order valence-electron chi connectivity index (χ4n) is 3.03. The van der Waals surface area contributed by atoms with Gasteiger partial charge in [0.1, 0.15) is 5.75 Å². The highest BCUT2D eigenvalue weighted by molar-refractivity contribution is 5.95. The summed E-state index contributed by atoms with van der Waals surface area (Å²) in [7, 11) is 0. The molecule has 0 aliphatic rings. The SMILES string of the molecule is Cc1ccc(C(C)C)c(O[C@H](C)C(=O)Nc2c(C)cccc2C(C)C)c1. The van der Waals surface area contributed by atoms with Gasteiger partial charge in [-0.1, -0.05) is 58.0 Å². The lowest BCUT2D eigenvalue weighted by atomic mass is 9.98. The summed E-state index contributed by atoms with van der Waals surface area (Å²) in [6, 6.07) is 12.3. The van der Waals surface area contributed by atoms with Crippen molar-refractivity contribution >= 4 is 11.6 Å². The van der Waals surface area contributed by atoms with Crippen LogP contribution in [0.4, 0.5) is 5.69 Å². The Bertz CT molecular complexity index is 778. The number of nitrogens with one attached hydrogen (secondary N) is 1. The van der Waals surface area contributed by atoms with Crippen molar-refractivity contribution in [1.82, 2.24) is 0 Å². The molecule has 0 saturated heterocycles. The number of hydrogen-bond donors (Lipinski definition) is 1. The maximum absolute atomic E-state index is 12.8. The second kappa shape index (κ2) is 8.39. The molecule has 1 N–H and O–H groups in total. The van der Waals surface area contributed by atoms with Crippen molar-refractivity contribution in [3.63, 3.8) is 0 Å². The van der Waals surface area contributed by atoms with Crippen molar-refractivity contribution in [2.75, 3.05) is 5.32 Å². The molecular formula is C23H31NO2. The van der Waals surface area contributed by atoms with Crippen LogP contribution in [-0.4, -0.2) is 12.0 Å². The third-order valence-corrected chi connectivity index (χ3v) is 4.64. The van der Waals surface area contributed by atoms with E-state index in [9.17, 15) is 4.79 Å². The number of hydrogen-bond acceptors (Lipinski definition) is 2. The number of para-hydroxylation sites is 1. The smallest absolute Gasteiger partial charge is 0.265 e. The maximum atomic E-state index is 12.8. The molecule has 140 valence electrons. The third-order valence-electron chi connectivity index (χ3n) is 4.64. The monoisotopic (exact) mass is 353 g/mol. The standard InChI is InChI=1S/C23H31NO2/c1-14(2)19-12-11-16(5)13-21(19)26-18(7)23(25)24-22-17(6)9-8-10-20(22)15(3)4/h8-15,18H,1-7H3,(H,24,25)/t18-/m1/s1. The molecule has 2 aromatic carbocycles. The molecule has 26 heavy (non-hydrogen) atoms. The minimum Gasteiger partial charge on any atom is -0.481 e. The number of carbonyl (C=O) groups excluding carboxylic acids is 1. The lowest BCUT2D eigenvalue weighted by Crippen LogP contribution is -2.31. The molecule has 1 amide bonds. The first-order valence-electron chi connectivity index (χ1n) is 9.38. The highest BCUT2D eigenvalue weighted by atomic mass is 16.5. The molecule has 1 atom stereocenters. The molecule has 0 radical (unpaired) electrons. The third kappa shape index (κ3) is 4.66. The van der Waals surface area contributed by atoms with Crippen LogP contribution in [0, 0.1) is 13.8 Å². The molecule has 0 aliphatic heterocycles. The van der Waals surface area contributed by atoms with Gasteiger partial charge in [0, 0.05) is 5.69 Å². The maximum Gasteiger partial charge on any atom is 0.265 e. The Labute approximate surface area is 157 Å². The number of aryl methyl sites for hydroxylation is 2. The van der Waals surface area contributed by atoms with Gasteiger partial charge < -0.3 is 10.1 Å². The largest absolute Gasteiger partial charge is 0.481 e. The molecule has 0 bridgehead atoms. The van der Waals surface area contributed by atoms with E-state index < -0.39 is 6.10 Å². The van der Waals surface area contributed by atoms with Gasteiger partial charge in [-0.15, -0.1) is 0 Å². The minimum atomic E-state index is -0.575. The minimum absolute atomic E-state index is 0.127. The highest BCUT2D eigenvalue weighted by Crippen LogP contribution is 2.30. The van der Waals surface area contributed by atoms with Crippen molar-refractivity contribution in [2.45, 2.75) is 66.4 Å². The number of benzene rings is 2. The van der Waals surface area contributed by atoms with Gasteiger partial charge in [-0.25, -0.2) is 0 Å². The summed E-state index contributed by atoms with van der Waals surface area (Å²) in [5.74, 6) is 1.34. The molecule has 0 spiro atoms. The van der Waals surface area contributed by atoms with Crippen LogP contribution in [0.3, 0.4) is 0 Å². The molecule has 3 nitrogen and oxygen atoms in total. The lowest BCUT2D eigenvalue weighted by Gasteiger charge is -2.21. The molecule has 3 heteroatoms. The molecule has 0 aromatic heterocycles. The van der Waals surface area contributed by atoms with E-state index in [1.165, 1.54) is 0 Å². The van der Waals surface area contributed by atoms with Crippen LogP contribution in [0.25, 0.3) is 0 Å². The number of ether oxygens (including phenoxy) is 1. The van der Waals surface area contributed by atoms with Crippen LogP contribution in [-0.2, 0) is 4.79 Å². The summed E-state index contributed by atoms with van der Waals surface area (Å²) in [5.41, 5.74) is 5.35. The van der Waals surface area contributed by atoms with Crippen molar-refractivity contribution in [2.24, 2.45) is 0 Å². The Morgan fingerprint density at radius 3 is 2.19 bits per heavy atom. The Kier molecular flexibility index (Phi) is 6.47. The molecule has 2 aromatic rings. The molecular weight excluding hydrogens is 322 g/mol. The van der Waals surface area contributed by atoms with Crippen LogP contribution >= 0.6 is 0 Å². The molecule has 0 heterocycles. The van der Waals surface area contributed by atoms with Crippen molar-refractivity contribution in [3.05, 3.63) is 58.7 Å². The molecule has 0 unspecified atom stereocenters. The van der Waals surface area contributed by atoms with Crippen molar-refractivity contribution < 1.29 is 9.53 Å². The zero-order valence-corrected chi connectivity index (χ0v) is 17.0. The second-order valence-electron chi connectivity index (χ2n) is 7.64. The van der Waals surface area contributed by atoms with Gasteiger partial charge in [0.25, 0.3) is 5.91 Å². The van der Waals surface area contributed by atoms with Gasteiger partial charge >= 0.3 is 0 Å². The average molecular weight is 354 g/mol. The van der Waals surface area contributed by atoms with Gasteiger partial charge in [-0.3, -0.25) is 4.79 Å². The van der Waals surface area contributed by atoms with Crippen LogP contribution < -0.4 is 10.1 Å². The van der Waals surface area contributed by atoms with E-state index in [1.807, 2.05) is 32.0 Å². The van der Waals surface area contributed by atoms with E-state index in [0.29, 0.717) is 11.8 Å². The molecule has 2 rings (SSSR count). The van der Waals surface area contributed by atoms with E-state index in [-0.39, 0.29) is 5.91 Å². The number of anilines is 1. The topological polar surface area (TPSA) is 38.3 Å². The Morgan fingerprint density at radius 1 is 0.923 bits per heavy atom. The van der Waals surface area contributed by atoms with Gasteiger partial charge in [-0.2, -0.15) is 0 Å². The summed E-state index contributed by atoms with van der Waals surface area (Å²) in [6.45, 7) is 14.4. The lowest BCUT2D eigenvalue weighted by molar-refractivity contribution is -0.122. The number of amides is 1. The summed E-state index contributed by atoms with van der Waals surface area (Å²) in [4.78, 5) is 12.8. The van der Waals surface area contributed by atoms with Gasteiger partial charge in [0.15, 0.2) is 6.10 Å². The zero-order chi connectivity index (χ0) is 19.4. The van der Waals surface area contributed by atoms with Gasteiger partial charge in [0.05, 0.1) is 0 Å². The Morgan fingerprint density at radius 2 is 1.58 bits per heavy atom. The van der Waals surface area contributed by atoms with Crippen LogP contribution in [0.1, 0.15) is 68.7 Å². The first kappa shape index (κ1) is 20.0. The van der Waals surface area contributed by atoms with Crippen LogP contribution in [0.2, 0.25) is 0 Å². The summed E-state index contributed by atoms with van der Waals surface area (Å²) >= 11 is 0. The van der Waals surface area contributed by atoms with Gasteiger partial charge in [0.2, 0.25) is 0 Å². The first-order valence-corrected chi connectivity index (χ1v) is 9.38. The van der Waals surface area contributed by atoms with E-state index in [2.05, 4.69) is 51.2 Å². The number of carbonyl (C=O) groups is 1. The fourth-order valence-corrected chi connectivity index (χ4v) is 3.03. The predicted octanol–water partition coefficient (Wildman–Crippen LogP) is 5.96. The van der Waals surface area contributed by atoms with Gasteiger partial charge in [-0.05, 0) is 60.9 Å². The van der Waals surface area contributed by atoms with Crippen molar-refractivity contribution in [3.8, 4) is 5.75 Å². The molecule has 0 saturated carbocycles. The normalized spacial score (nSPS) is 12.3. The van der Waals surface area contributed by atoms with Crippen LogP contribution in [0.15, 0.2) is 36.4 Å². The van der Waals surface area contributed by atoms with Crippen LogP contribution in [0.5, 0.6) is 5.75 Å². The summed E-state index contributed by atoms with van der Waals surface area (Å²) < 4.78 is 6.05. The summed E-state index contributed by atoms with van der Waals surface area (Å²) in [5, 5.41) is 3.08. The molecule has 0 aliphatic carbocycles. The first-order chi connectivity index (χ1) is 12.2. The van der Waals surface area contributed by atoms with E-state index >= 15 is 0 Å². The van der Waals surface area contributed by atoms with Crippen molar-refractivity contribution in [1.29, 1.82) is 0 Å². The second-order valence-corrected chi connectivity index (χ2v) is 7.64. The quantitative estimate of drug-likeness (QED) is 0.696. The predicted molar refractivity (Wildman–Crippen MR) is 109 cm³/mol. The highest BCUT2D eigenvalue weighted by Gasteiger charge is 2.20. The fraction of sp³-hybridized carbons (Fsp3) is 0.435. The zero-order valence-electron chi connectivity index (χ0n) is 17.0. The van der Waals surface area contributed by atoms with E-state index in [1.54, 1.807) is 6.92 Å². The van der Waals surface area contributed by atoms with E-state index in [4.69, 9.17) is 4.74 Å². The molecule has 0 fully saturated rings. The van der Waals surface area contributed by atoms with E-state index in [0.717, 1.165) is 33.7 Å². The average Bonchev–Trinajstić information content (AvgIpc) is 2.56. The summed E-state index contributed by atoms with van der Waals surface area (Å²) in [6.07, 6.45) is -0.575. The Hall–Kier alpha value is -2.29. The Balaban J connectivity index is 2.21. The number of rotatable bonds is 6.